The lowest BCUT2D eigenvalue weighted by molar-refractivity contribution is -0.117. The Hall–Kier alpha value is -0.820. The molecule has 3 N–H and O–H groups in total. The quantitative estimate of drug-likeness (QED) is 0.740. The standard InChI is InChI=1S/C8H14N4OS2/c1-3-4-10-7-11-12-8(15-7)14-5(2)6(9)13/h5H,3-4H2,1-2H3,(H2,9,13)(H,10,11)/t5-/m1/s1. The molecule has 0 radical (unpaired) electrons. The molecule has 1 aromatic heterocycles. The van der Waals surface area contributed by atoms with Gasteiger partial charge in [-0.1, -0.05) is 30.0 Å². The van der Waals surface area contributed by atoms with Crippen molar-refractivity contribution in [2.75, 3.05) is 11.9 Å². The summed E-state index contributed by atoms with van der Waals surface area (Å²) in [5.74, 6) is -0.335. The molecule has 1 amide bonds. The molecule has 0 unspecified atom stereocenters. The maximum Gasteiger partial charge on any atom is 0.230 e. The average molecular weight is 246 g/mol. The fraction of sp³-hybridized carbons (Fsp3) is 0.625. The molecule has 0 spiro atoms. The number of amides is 1. The Kier molecular flexibility index (Phi) is 4.83. The Morgan fingerprint density at radius 1 is 1.67 bits per heavy atom. The first-order chi connectivity index (χ1) is 7.13. The summed E-state index contributed by atoms with van der Waals surface area (Å²) in [4.78, 5) is 10.8. The van der Waals surface area contributed by atoms with Crippen molar-refractivity contribution in [2.24, 2.45) is 5.73 Å². The fourth-order valence-electron chi connectivity index (χ4n) is 0.770. The summed E-state index contributed by atoms with van der Waals surface area (Å²) in [6.45, 7) is 4.72. The van der Waals surface area contributed by atoms with E-state index < -0.39 is 0 Å². The van der Waals surface area contributed by atoms with Gasteiger partial charge in [-0.15, -0.1) is 10.2 Å². The molecular formula is C8H14N4OS2. The minimum atomic E-state index is -0.335. The van der Waals surface area contributed by atoms with Crippen molar-refractivity contribution in [1.29, 1.82) is 0 Å². The van der Waals surface area contributed by atoms with Crippen molar-refractivity contribution in [3.05, 3.63) is 0 Å². The number of nitrogens with one attached hydrogen (secondary N) is 1. The molecule has 0 saturated heterocycles. The van der Waals surface area contributed by atoms with Gasteiger partial charge in [-0.25, -0.2) is 0 Å². The molecule has 7 heteroatoms. The van der Waals surface area contributed by atoms with Crippen LogP contribution in [0.3, 0.4) is 0 Å². The maximum absolute atomic E-state index is 10.8. The molecular weight excluding hydrogens is 232 g/mol. The van der Waals surface area contributed by atoms with E-state index in [2.05, 4.69) is 22.4 Å². The van der Waals surface area contributed by atoms with E-state index in [1.807, 2.05) is 0 Å². The highest BCUT2D eigenvalue weighted by molar-refractivity contribution is 8.02. The highest BCUT2D eigenvalue weighted by Gasteiger charge is 2.13. The van der Waals surface area contributed by atoms with Gasteiger partial charge < -0.3 is 11.1 Å². The van der Waals surface area contributed by atoms with E-state index in [1.54, 1.807) is 6.92 Å². The van der Waals surface area contributed by atoms with Crippen molar-refractivity contribution in [2.45, 2.75) is 29.9 Å². The SMILES string of the molecule is CCCNc1nnc(S[C@H](C)C(N)=O)s1. The highest BCUT2D eigenvalue weighted by atomic mass is 32.2. The Labute approximate surface area is 96.8 Å². The fourth-order valence-corrected chi connectivity index (χ4v) is 2.64. The first kappa shape index (κ1) is 12.3. The second-order valence-electron chi connectivity index (χ2n) is 2.96. The number of primary amides is 1. The summed E-state index contributed by atoms with van der Waals surface area (Å²) in [5, 5.41) is 11.6. The van der Waals surface area contributed by atoms with E-state index in [9.17, 15) is 4.79 Å². The number of hydrogen-bond donors (Lipinski definition) is 2. The van der Waals surface area contributed by atoms with Crippen molar-refractivity contribution in [3.63, 3.8) is 0 Å². The van der Waals surface area contributed by atoms with Gasteiger partial charge >= 0.3 is 0 Å². The van der Waals surface area contributed by atoms with Gasteiger partial charge in [0.1, 0.15) is 0 Å². The third-order valence-electron chi connectivity index (χ3n) is 1.61. The first-order valence-electron chi connectivity index (χ1n) is 4.66. The van der Waals surface area contributed by atoms with Crippen LogP contribution in [-0.4, -0.2) is 27.9 Å². The third-order valence-corrected chi connectivity index (χ3v) is 3.69. The van der Waals surface area contributed by atoms with Crippen molar-refractivity contribution in [1.82, 2.24) is 10.2 Å². The van der Waals surface area contributed by atoms with E-state index in [-0.39, 0.29) is 11.2 Å². The Balaban J connectivity index is 2.49. The van der Waals surface area contributed by atoms with Gasteiger partial charge in [0.2, 0.25) is 11.0 Å². The molecule has 5 nitrogen and oxygen atoms in total. The zero-order chi connectivity index (χ0) is 11.3. The number of aromatic nitrogens is 2. The van der Waals surface area contributed by atoms with E-state index in [0.717, 1.165) is 22.4 Å². The lowest BCUT2D eigenvalue weighted by Crippen LogP contribution is -2.22. The molecule has 0 aromatic carbocycles. The number of thioether (sulfide) groups is 1. The van der Waals surface area contributed by atoms with Gasteiger partial charge in [-0.3, -0.25) is 4.79 Å². The summed E-state index contributed by atoms with van der Waals surface area (Å²) in [7, 11) is 0. The topological polar surface area (TPSA) is 80.9 Å². The van der Waals surface area contributed by atoms with Crippen molar-refractivity contribution < 1.29 is 4.79 Å². The van der Waals surface area contributed by atoms with E-state index in [4.69, 9.17) is 5.73 Å². The van der Waals surface area contributed by atoms with Crippen molar-refractivity contribution in [3.8, 4) is 0 Å². The van der Waals surface area contributed by atoms with E-state index in [1.165, 1.54) is 23.1 Å². The monoisotopic (exact) mass is 246 g/mol. The Morgan fingerprint density at radius 3 is 3.00 bits per heavy atom. The third kappa shape index (κ3) is 4.05. The van der Waals surface area contributed by atoms with Gasteiger partial charge in [-0.2, -0.15) is 0 Å². The largest absolute Gasteiger partial charge is 0.369 e. The predicted octanol–water partition coefficient (Wildman–Crippen LogP) is 1.33. The molecule has 0 aliphatic rings. The van der Waals surface area contributed by atoms with Crippen LogP contribution in [0.1, 0.15) is 20.3 Å². The first-order valence-corrected chi connectivity index (χ1v) is 6.36. The van der Waals surface area contributed by atoms with E-state index in [0.29, 0.717) is 0 Å². The second-order valence-corrected chi connectivity index (χ2v) is 5.53. The minimum absolute atomic E-state index is 0.267. The van der Waals surface area contributed by atoms with Gasteiger partial charge in [0.05, 0.1) is 5.25 Å². The number of nitrogens with two attached hydrogens (primary N) is 1. The summed E-state index contributed by atoms with van der Waals surface area (Å²) < 4.78 is 0.764. The molecule has 0 bridgehead atoms. The predicted molar refractivity (Wildman–Crippen MR) is 63.2 cm³/mol. The maximum atomic E-state index is 10.8. The highest BCUT2D eigenvalue weighted by Crippen LogP contribution is 2.28. The number of rotatable bonds is 6. The van der Waals surface area contributed by atoms with Gasteiger partial charge in [-0.05, 0) is 13.3 Å². The van der Waals surface area contributed by atoms with Gasteiger partial charge in [0.25, 0.3) is 0 Å². The van der Waals surface area contributed by atoms with Crippen LogP contribution in [0.5, 0.6) is 0 Å². The number of nitrogens with zero attached hydrogens (tertiary/aromatic N) is 2. The van der Waals surface area contributed by atoms with Crippen LogP contribution < -0.4 is 11.1 Å². The summed E-state index contributed by atoms with van der Waals surface area (Å²) in [5.41, 5.74) is 5.15. The molecule has 0 aliphatic heterocycles. The van der Waals surface area contributed by atoms with Gasteiger partial charge in [0.15, 0.2) is 4.34 Å². The minimum Gasteiger partial charge on any atom is -0.369 e. The molecule has 1 rings (SSSR count). The van der Waals surface area contributed by atoms with Crippen LogP contribution >= 0.6 is 23.1 Å². The zero-order valence-corrected chi connectivity index (χ0v) is 10.3. The van der Waals surface area contributed by atoms with Gasteiger partial charge in [0, 0.05) is 6.54 Å². The van der Waals surface area contributed by atoms with E-state index >= 15 is 0 Å². The number of anilines is 1. The lowest BCUT2D eigenvalue weighted by Gasteiger charge is -2.01. The Bertz CT molecular complexity index is 328. The van der Waals surface area contributed by atoms with Crippen LogP contribution in [-0.2, 0) is 4.79 Å². The van der Waals surface area contributed by atoms with Crippen molar-refractivity contribution >= 4 is 34.1 Å². The summed E-state index contributed by atoms with van der Waals surface area (Å²) >= 11 is 2.78. The number of carbonyl (C=O) groups excluding carboxylic acids is 1. The molecule has 1 aromatic rings. The smallest absolute Gasteiger partial charge is 0.230 e. The normalized spacial score (nSPS) is 12.4. The van der Waals surface area contributed by atoms with Crippen LogP contribution in [0, 0.1) is 0 Å². The molecule has 84 valence electrons. The molecule has 1 heterocycles. The molecule has 15 heavy (non-hydrogen) atoms. The number of carbonyl (C=O) groups is 1. The Morgan fingerprint density at radius 2 is 2.40 bits per heavy atom. The van der Waals surface area contributed by atoms with Crippen LogP contribution in [0.2, 0.25) is 0 Å². The number of hydrogen-bond acceptors (Lipinski definition) is 6. The molecule has 0 aliphatic carbocycles. The summed E-state index contributed by atoms with van der Waals surface area (Å²) in [6, 6.07) is 0. The molecule has 0 fully saturated rings. The van der Waals surface area contributed by atoms with Crippen LogP contribution in [0.4, 0.5) is 5.13 Å². The summed E-state index contributed by atoms with van der Waals surface area (Å²) in [6.07, 6.45) is 1.04. The zero-order valence-electron chi connectivity index (χ0n) is 8.69. The lowest BCUT2D eigenvalue weighted by atomic mass is 10.5. The van der Waals surface area contributed by atoms with Crippen LogP contribution in [0.15, 0.2) is 4.34 Å². The second kappa shape index (κ2) is 5.92. The van der Waals surface area contributed by atoms with Crippen LogP contribution in [0.25, 0.3) is 0 Å². The molecule has 1 atom stereocenters. The molecule has 0 saturated carbocycles. The average Bonchev–Trinajstić information content (AvgIpc) is 2.62.